The maximum atomic E-state index is 4.40. The van der Waals surface area contributed by atoms with Gasteiger partial charge in [0.1, 0.15) is 0 Å². The number of anilines is 9. The van der Waals surface area contributed by atoms with Crippen molar-refractivity contribution >= 4 is 117 Å². The van der Waals surface area contributed by atoms with Crippen molar-refractivity contribution in [1.29, 1.82) is 0 Å². The molecule has 0 saturated heterocycles. The highest BCUT2D eigenvalue weighted by Gasteiger charge is 2.41. The van der Waals surface area contributed by atoms with E-state index in [1.165, 1.54) is 205 Å². The minimum atomic E-state index is -0.0999. The van der Waals surface area contributed by atoms with Crippen LogP contribution in [0.25, 0.3) is 160 Å². The quantitative estimate of drug-likeness (QED) is 0.103. The topological polar surface area (TPSA) is 37.4 Å². The fourth-order valence-corrected chi connectivity index (χ4v) is 25.2. The Bertz CT molecular complexity index is 9510. The molecule has 0 fully saturated rings. The highest BCUT2D eigenvalue weighted by atomic mass is 15.2. The molecular formula is C143H109N7. The summed E-state index contributed by atoms with van der Waals surface area (Å²) in [6.07, 6.45) is 3.76. The second-order valence-corrected chi connectivity index (χ2v) is 42.6. The van der Waals surface area contributed by atoms with E-state index in [1.54, 1.807) is 0 Å². The van der Waals surface area contributed by atoms with Crippen molar-refractivity contribution in [1.82, 2.24) is 18.7 Å². The molecule has 716 valence electrons. The van der Waals surface area contributed by atoms with E-state index in [1.807, 2.05) is 18.5 Å². The molecule has 0 atom stereocenters. The summed E-state index contributed by atoms with van der Waals surface area (Å²) in [6, 6.07) is 184. The maximum absolute atomic E-state index is 4.40. The third kappa shape index (κ3) is 14.9. The lowest BCUT2D eigenvalue weighted by atomic mass is 9.82. The molecule has 0 spiro atoms. The van der Waals surface area contributed by atoms with Crippen LogP contribution in [0.2, 0.25) is 0 Å². The lowest BCUT2D eigenvalue weighted by Crippen LogP contribution is -2.18. The average Bonchev–Trinajstić information content (AvgIpc) is 1.57. The van der Waals surface area contributed by atoms with Crippen molar-refractivity contribution in [2.45, 2.75) is 77.0 Å². The van der Waals surface area contributed by atoms with E-state index in [0.717, 1.165) is 50.9 Å². The van der Waals surface area contributed by atoms with Crippen LogP contribution < -0.4 is 14.7 Å². The van der Waals surface area contributed by atoms with E-state index in [4.69, 9.17) is 0 Å². The molecule has 4 aromatic heterocycles. The molecule has 7 heteroatoms. The summed E-state index contributed by atoms with van der Waals surface area (Å²) < 4.78 is 7.14. The number of fused-ring (bicyclic) bond motifs is 21. The third-order valence-electron chi connectivity index (χ3n) is 32.6. The number of nitrogens with zero attached hydrogens (tertiary/aromatic N) is 7. The monoisotopic (exact) mass is 1920 g/mol. The van der Waals surface area contributed by atoms with Crippen LogP contribution in [0.5, 0.6) is 0 Å². The van der Waals surface area contributed by atoms with Crippen molar-refractivity contribution < 1.29 is 0 Å². The second kappa shape index (κ2) is 35.8. The molecule has 150 heavy (non-hydrogen) atoms. The van der Waals surface area contributed by atoms with Crippen LogP contribution in [-0.2, 0) is 21.7 Å². The predicted octanol–water partition coefficient (Wildman–Crippen LogP) is 38.4. The summed E-state index contributed by atoms with van der Waals surface area (Å²) in [7, 11) is 0. The smallest absolute Gasteiger partial charge is 0.0542 e. The summed E-state index contributed by atoms with van der Waals surface area (Å²) in [5.41, 5.74) is 49.4. The van der Waals surface area contributed by atoms with Gasteiger partial charge in [-0.3, -0.25) is 4.98 Å². The van der Waals surface area contributed by atoms with Gasteiger partial charge in [-0.2, -0.15) is 0 Å². The standard InChI is InChI=1S/C50H37N3.C48H38N2.C45H34N2/c1-50(2)46-19-8-6-17-42(46)43-27-26-41(32-47(43)50)52(40-16-10-12-35(30-40)37-13-11-29-51-33-37)39-24-21-34(22-25-39)36-23-28-49-45(31-36)44-18-7-9-20-48(44)53(49)38-14-4-3-5-15-38;1-47(2)41-19-11-8-16-35(41)37-25-22-33(29-43(37)47)49(34-23-26-38-36-17-9-12-20-42(36)48(3,4)44(38)30-34)32-24-27-46-40(28-32)39-18-10-13-21-45(39)50(46)31-14-6-5-7-15-31;1-45(2)41-19-11-9-17-37(41)38-27-25-36(30-42(38)45)46(34-23-21-32(22-24-34)31-13-5-3-6-14-31)35-26-28-44-40(29-35)39-18-10-12-20-43(39)47(44)33-15-7-4-8-16-33/h3-33H,1-2H3;5-30H,1-4H3;3-30H,1-2H3. The van der Waals surface area contributed by atoms with E-state index in [9.17, 15) is 0 Å². The summed E-state index contributed by atoms with van der Waals surface area (Å²) in [5.74, 6) is 0. The Morgan fingerprint density at radius 2 is 0.407 bits per heavy atom. The Kier molecular flexibility index (Phi) is 21.5. The first-order chi connectivity index (χ1) is 73.4. The number of benzene rings is 21. The first-order valence-electron chi connectivity index (χ1n) is 52.3. The minimum absolute atomic E-state index is 0.0855. The van der Waals surface area contributed by atoms with E-state index in [-0.39, 0.29) is 21.7 Å². The molecule has 0 bridgehead atoms. The molecule has 0 N–H and O–H groups in total. The average molecular weight is 1930 g/mol. The Morgan fingerprint density at radius 3 is 0.773 bits per heavy atom. The van der Waals surface area contributed by atoms with Crippen molar-refractivity contribution in [3.05, 3.63) is 560 Å². The molecule has 4 heterocycles. The van der Waals surface area contributed by atoms with E-state index < -0.39 is 0 Å². The molecule has 0 aliphatic heterocycles. The Balaban J connectivity index is 0.000000111. The van der Waals surface area contributed by atoms with Crippen LogP contribution in [0, 0.1) is 0 Å². The van der Waals surface area contributed by atoms with Crippen LogP contribution >= 0.6 is 0 Å². The highest BCUT2D eigenvalue weighted by Crippen LogP contribution is 2.58. The van der Waals surface area contributed by atoms with Crippen molar-refractivity contribution in [3.63, 3.8) is 0 Å². The molecule has 21 aromatic carbocycles. The fraction of sp³-hybridized carbons (Fsp3) is 0.0839. The lowest BCUT2D eigenvalue weighted by Gasteiger charge is -2.30. The largest absolute Gasteiger partial charge is 0.310 e. The van der Waals surface area contributed by atoms with Crippen LogP contribution in [0.15, 0.2) is 516 Å². The van der Waals surface area contributed by atoms with E-state index >= 15 is 0 Å². The zero-order valence-corrected chi connectivity index (χ0v) is 85.2. The first kappa shape index (κ1) is 90.3. The number of rotatable bonds is 15. The Hall–Kier alpha value is -18.4. The van der Waals surface area contributed by atoms with Gasteiger partial charge in [0.05, 0.1) is 33.1 Å². The number of pyridine rings is 1. The van der Waals surface area contributed by atoms with Crippen LogP contribution in [-0.4, -0.2) is 18.7 Å². The molecule has 0 unspecified atom stereocenters. The van der Waals surface area contributed by atoms with Crippen LogP contribution in [0.4, 0.5) is 51.2 Å². The second-order valence-electron chi connectivity index (χ2n) is 42.6. The molecule has 4 aliphatic carbocycles. The molecule has 7 nitrogen and oxygen atoms in total. The Labute approximate surface area is 876 Å². The number of hydrogen-bond acceptors (Lipinski definition) is 4. The zero-order chi connectivity index (χ0) is 101. The Morgan fingerprint density at radius 1 is 0.160 bits per heavy atom. The maximum Gasteiger partial charge on any atom is 0.0542 e. The predicted molar refractivity (Wildman–Crippen MR) is 631 cm³/mol. The van der Waals surface area contributed by atoms with Crippen molar-refractivity contribution in [3.8, 4) is 95.0 Å². The van der Waals surface area contributed by atoms with E-state index in [2.05, 4.69) is 586 Å². The summed E-state index contributed by atoms with van der Waals surface area (Å²) in [5, 5.41) is 7.49. The summed E-state index contributed by atoms with van der Waals surface area (Å²) in [6.45, 7) is 18.9. The molecule has 0 saturated carbocycles. The van der Waals surface area contributed by atoms with Crippen molar-refractivity contribution in [2.24, 2.45) is 0 Å². The van der Waals surface area contributed by atoms with Crippen molar-refractivity contribution in [2.75, 3.05) is 14.7 Å². The van der Waals surface area contributed by atoms with Gasteiger partial charge in [0.25, 0.3) is 0 Å². The zero-order valence-electron chi connectivity index (χ0n) is 85.2. The van der Waals surface area contributed by atoms with Gasteiger partial charge in [0.15, 0.2) is 0 Å². The highest BCUT2D eigenvalue weighted by molar-refractivity contribution is 6.14. The summed E-state index contributed by atoms with van der Waals surface area (Å²) >= 11 is 0. The van der Waals surface area contributed by atoms with Gasteiger partial charge in [0, 0.05) is 140 Å². The first-order valence-corrected chi connectivity index (χ1v) is 52.3. The SMILES string of the molecule is CC1(C)c2ccccc2-c2ccc(N(c3ccc(-c4ccc5c(c4)c4ccccc4n5-c4ccccc4)cc3)c3cccc(-c4cccnc4)c3)cc21.CC1(C)c2ccccc2-c2ccc(N(c3ccc(-c4ccccc4)cc3)c3ccc4c(c3)c3ccccc3n4-c3ccccc3)cc21.CC1(C)c2ccccc2-c2ccc(N(c3ccc4c(c3)C(C)(C)c3ccccc3-4)c3ccc4c(c3)c3ccccc3n4-c3ccccc3)cc21. The molecule has 4 aliphatic rings. The normalized spacial score (nSPS) is 13.5. The van der Waals surface area contributed by atoms with Gasteiger partial charge in [-0.15, -0.1) is 0 Å². The van der Waals surface area contributed by atoms with Crippen LogP contribution in [0.1, 0.15) is 99.9 Å². The van der Waals surface area contributed by atoms with Gasteiger partial charge < -0.3 is 28.4 Å². The summed E-state index contributed by atoms with van der Waals surface area (Å²) in [4.78, 5) is 11.7. The van der Waals surface area contributed by atoms with Gasteiger partial charge >= 0.3 is 0 Å². The third-order valence-corrected chi connectivity index (χ3v) is 32.6. The van der Waals surface area contributed by atoms with Gasteiger partial charge in [-0.05, 0) is 311 Å². The number of para-hydroxylation sites is 6. The fourth-order valence-electron chi connectivity index (χ4n) is 25.2. The van der Waals surface area contributed by atoms with Gasteiger partial charge in [-0.1, -0.05) is 365 Å². The van der Waals surface area contributed by atoms with Gasteiger partial charge in [-0.25, -0.2) is 0 Å². The van der Waals surface area contributed by atoms with Crippen LogP contribution in [0.3, 0.4) is 0 Å². The number of aromatic nitrogens is 4. The lowest BCUT2D eigenvalue weighted by molar-refractivity contribution is 0.660. The number of hydrogen-bond donors (Lipinski definition) is 0. The van der Waals surface area contributed by atoms with Gasteiger partial charge in [0.2, 0.25) is 0 Å². The molecule has 25 aromatic rings. The minimum Gasteiger partial charge on any atom is -0.310 e. The molecule has 29 rings (SSSR count). The molecular weight excluding hydrogens is 1820 g/mol. The molecule has 0 amide bonds. The molecule has 0 radical (unpaired) electrons. The van der Waals surface area contributed by atoms with E-state index in [0.29, 0.717) is 0 Å².